The van der Waals surface area contributed by atoms with Crippen LogP contribution in [0.2, 0.25) is 0 Å². The Morgan fingerprint density at radius 2 is 1.53 bits per heavy atom. The molecule has 5 heteroatoms. The Bertz CT molecular complexity index is 979. The molecule has 166 valence electrons. The number of hydrogen-bond acceptors (Lipinski definition) is 4. The Balaban J connectivity index is 1.42. The predicted molar refractivity (Wildman–Crippen MR) is 125 cm³/mol. The van der Waals surface area contributed by atoms with Gasteiger partial charge in [0.2, 0.25) is 0 Å². The molecule has 0 saturated heterocycles. The van der Waals surface area contributed by atoms with Gasteiger partial charge in [0.15, 0.2) is 6.10 Å². The molecule has 0 heterocycles. The minimum absolute atomic E-state index is 0.328. The third kappa shape index (κ3) is 7.60. The Labute approximate surface area is 188 Å². The van der Waals surface area contributed by atoms with E-state index in [4.69, 9.17) is 14.2 Å². The van der Waals surface area contributed by atoms with Gasteiger partial charge in [-0.1, -0.05) is 60.7 Å². The molecule has 0 unspecified atom stereocenters. The second kappa shape index (κ2) is 12.3. The minimum Gasteiger partial charge on any atom is -0.490 e. The van der Waals surface area contributed by atoms with Crippen LogP contribution in [0.4, 0.5) is 0 Å². The number of benzene rings is 3. The van der Waals surface area contributed by atoms with E-state index in [1.807, 2.05) is 91.0 Å². The summed E-state index contributed by atoms with van der Waals surface area (Å²) in [5.41, 5.74) is 3.09. The zero-order valence-electron chi connectivity index (χ0n) is 18.1. The smallest absolute Gasteiger partial charge is 0.333 e. The lowest BCUT2D eigenvalue weighted by atomic mass is 10.1. The van der Waals surface area contributed by atoms with Crippen molar-refractivity contribution in [2.24, 2.45) is 0 Å². The van der Waals surface area contributed by atoms with E-state index in [0.717, 1.165) is 28.2 Å². The number of rotatable bonds is 12. The Kier molecular flexibility index (Phi) is 8.90. The molecule has 5 nitrogen and oxygen atoms in total. The highest BCUT2D eigenvalue weighted by Crippen LogP contribution is 2.16. The van der Waals surface area contributed by atoms with Gasteiger partial charge in [-0.05, 0) is 54.0 Å². The summed E-state index contributed by atoms with van der Waals surface area (Å²) >= 11 is 0. The van der Waals surface area contributed by atoms with Gasteiger partial charge < -0.3 is 19.3 Å². The van der Waals surface area contributed by atoms with Crippen LogP contribution in [0, 0.1) is 0 Å². The number of carboxylic acid groups (broad SMARTS) is 1. The number of hydrogen-bond donors (Lipinski definition) is 1. The molecule has 0 amide bonds. The lowest BCUT2D eigenvalue weighted by Crippen LogP contribution is -2.26. The van der Waals surface area contributed by atoms with Crippen LogP contribution in [0.25, 0.3) is 6.08 Å². The van der Waals surface area contributed by atoms with Crippen molar-refractivity contribution < 1.29 is 24.1 Å². The fourth-order valence-corrected chi connectivity index (χ4v) is 3.10. The second-order valence-corrected chi connectivity index (χ2v) is 7.19. The molecule has 1 N–H and O–H groups in total. The molecule has 0 aliphatic rings. The molecule has 0 bridgehead atoms. The molecule has 32 heavy (non-hydrogen) atoms. The standard InChI is InChI=1S/C27H28O5/c1-2-30-26(27(28)29)19-22-12-16-24(17-13-22)31-18-6-9-21-10-14-25(15-11-21)32-20-23-7-4-3-5-8-23/h3-17,26H,2,18-20H2,1H3,(H,28,29)/t26-/m0/s1. The lowest BCUT2D eigenvalue weighted by Gasteiger charge is -2.12. The molecule has 3 rings (SSSR count). The molecular weight excluding hydrogens is 404 g/mol. The molecule has 0 fully saturated rings. The summed E-state index contributed by atoms with van der Waals surface area (Å²) in [6.45, 7) is 3.13. The van der Waals surface area contributed by atoms with Crippen LogP contribution in [0.3, 0.4) is 0 Å². The first-order valence-electron chi connectivity index (χ1n) is 10.6. The van der Waals surface area contributed by atoms with Gasteiger partial charge in [0.25, 0.3) is 0 Å². The molecule has 0 saturated carbocycles. The van der Waals surface area contributed by atoms with Crippen molar-refractivity contribution in [2.75, 3.05) is 13.2 Å². The van der Waals surface area contributed by atoms with Crippen molar-refractivity contribution in [1.82, 2.24) is 0 Å². The molecule has 0 aliphatic heterocycles. The number of aliphatic carboxylic acids is 1. The van der Waals surface area contributed by atoms with Crippen LogP contribution in [-0.4, -0.2) is 30.4 Å². The fraction of sp³-hybridized carbons (Fsp3) is 0.222. The van der Waals surface area contributed by atoms with Gasteiger partial charge in [-0.3, -0.25) is 0 Å². The number of carboxylic acids is 1. The SMILES string of the molecule is CCO[C@@H](Cc1ccc(OCC=Cc2ccc(OCc3ccccc3)cc2)cc1)C(=O)O. The zero-order valence-corrected chi connectivity index (χ0v) is 18.1. The van der Waals surface area contributed by atoms with Crippen molar-refractivity contribution in [2.45, 2.75) is 26.1 Å². The van der Waals surface area contributed by atoms with E-state index in [9.17, 15) is 9.90 Å². The van der Waals surface area contributed by atoms with Crippen LogP contribution in [0.15, 0.2) is 84.9 Å². The van der Waals surface area contributed by atoms with Crippen molar-refractivity contribution in [3.8, 4) is 11.5 Å². The first-order valence-corrected chi connectivity index (χ1v) is 10.6. The second-order valence-electron chi connectivity index (χ2n) is 7.19. The van der Waals surface area contributed by atoms with Crippen LogP contribution in [-0.2, 0) is 22.6 Å². The Morgan fingerprint density at radius 3 is 2.19 bits per heavy atom. The van der Waals surface area contributed by atoms with E-state index in [2.05, 4.69) is 0 Å². The van der Waals surface area contributed by atoms with Gasteiger partial charge in [0.05, 0.1) is 0 Å². The maximum Gasteiger partial charge on any atom is 0.333 e. The summed E-state index contributed by atoms with van der Waals surface area (Å²) < 4.78 is 16.8. The lowest BCUT2D eigenvalue weighted by molar-refractivity contribution is -0.149. The zero-order chi connectivity index (χ0) is 22.6. The van der Waals surface area contributed by atoms with Crippen molar-refractivity contribution in [3.63, 3.8) is 0 Å². The molecule has 0 radical (unpaired) electrons. The predicted octanol–water partition coefficient (Wildman–Crippen LogP) is 5.39. The van der Waals surface area contributed by atoms with E-state index >= 15 is 0 Å². The van der Waals surface area contributed by atoms with Crippen LogP contribution in [0.1, 0.15) is 23.6 Å². The number of carbonyl (C=O) groups is 1. The van der Waals surface area contributed by atoms with Crippen molar-refractivity contribution in [1.29, 1.82) is 0 Å². The minimum atomic E-state index is -0.951. The van der Waals surface area contributed by atoms with Gasteiger partial charge >= 0.3 is 5.97 Å². The molecule has 0 spiro atoms. The fourth-order valence-electron chi connectivity index (χ4n) is 3.10. The quantitative estimate of drug-likeness (QED) is 0.416. The third-order valence-electron chi connectivity index (χ3n) is 4.77. The van der Waals surface area contributed by atoms with Gasteiger partial charge in [-0.2, -0.15) is 0 Å². The van der Waals surface area contributed by atoms with E-state index in [0.29, 0.717) is 26.2 Å². The molecule has 0 aromatic heterocycles. The normalized spacial score (nSPS) is 11.9. The summed E-state index contributed by atoms with van der Waals surface area (Å²) in [5, 5.41) is 9.18. The third-order valence-corrected chi connectivity index (χ3v) is 4.77. The van der Waals surface area contributed by atoms with Crippen LogP contribution < -0.4 is 9.47 Å². The summed E-state index contributed by atoms with van der Waals surface area (Å²) in [6.07, 6.45) is 3.44. The molecule has 1 atom stereocenters. The van der Waals surface area contributed by atoms with E-state index in [-0.39, 0.29) is 0 Å². The monoisotopic (exact) mass is 432 g/mol. The first-order chi connectivity index (χ1) is 15.6. The van der Waals surface area contributed by atoms with Crippen molar-refractivity contribution >= 4 is 12.0 Å². The molecule has 0 aliphatic carbocycles. The van der Waals surface area contributed by atoms with Gasteiger partial charge in [-0.15, -0.1) is 0 Å². The number of ether oxygens (including phenoxy) is 3. The average Bonchev–Trinajstić information content (AvgIpc) is 2.82. The van der Waals surface area contributed by atoms with E-state index in [1.165, 1.54) is 0 Å². The Morgan fingerprint density at radius 1 is 0.875 bits per heavy atom. The average molecular weight is 433 g/mol. The van der Waals surface area contributed by atoms with Crippen molar-refractivity contribution in [3.05, 3.63) is 102 Å². The Hall–Kier alpha value is -3.57. The maximum absolute atomic E-state index is 11.2. The summed E-state index contributed by atoms with van der Waals surface area (Å²) in [5.74, 6) is 0.608. The maximum atomic E-state index is 11.2. The molecule has 3 aromatic rings. The van der Waals surface area contributed by atoms with E-state index in [1.54, 1.807) is 6.92 Å². The first kappa shape index (κ1) is 23.1. The molecule has 3 aromatic carbocycles. The largest absolute Gasteiger partial charge is 0.490 e. The highest BCUT2D eigenvalue weighted by molar-refractivity contribution is 5.72. The van der Waals surface area contributed by atoms with Crippen LogP contribution >= 0.6 is 0 Å². The topological polar surface area (TPSA) is 65.0 Å². The molecular formula is C27H28O5. The summed E-state index contributed by atoms with van der Waals surface area (Å²) in [4.78, 5) is 11.2. The van der Waals surface area contributed by atoms with Gasteiger partial charge in [0.1, 0.15) is 24.7 Å². The summed E-state index contributed by atoms with van der Waals surface area (Å²) in [6, 6.07) is 25.4. The van der Waals surface area contributed by atoms with Crippen LogP contribution in [0.5, 0.6) is 11.5 Å². The highest BCUT2D eigenvalue weighted by Gasteiger charge is 2.17. The summed E-state index contributed by atoms with van der Waals surface area (Å²) in [7, 11) is 0. The van der Waals surface area contributed by atoms with E-state index < -0.39 is 12.1 Å². The van der Waals surface area contributed by atoms with Gasteiger partial charge in [0, 0.05) is 13.0 Å². The highest BCUT2D eigenvalue weighted by atomic mass is 16.5. The van der Waals surface area contributed by atoms with Gasteiger partial charge in [-0.25, -0.2) is 4.79 Å².